The molecule has 0 unspecified atom stereocenters. The number of hydrogen-bond donors (Lipinski definition) is 1. The van der Waals surface area contributed by atoms with Crippen LogP contribution in [0.3, 0.4) is 0 Å². The van der Waals surface area contributed by atoms with E-state index >= 15 is 0 Å². The highest BCUT2D eigenvalue weighted by Gasteiger charge is 2.28. The van der Waals surface area contributed by atoms with Crippen LogP contribution in [0.15, 0.2) is 0 Å². The minimum absolute atomic E-state index is 0.0171. The molecule has 1 aliphatic carbocycles. The van der Waals surface area contributed by atoms with Crippen molar-refractivity contribution in [2.24, 2.45) is 0 Å². The van der Waals surface area contributed by atoms with Gasteiger partial charge in [0.05, 0.1) is 12.2 Å². The van der Waals surface area contributed by atoms with Gasteiger partial charge in [-0.15, -0.1) is 11.3 Å². The second-order valence-corrected chi connectivity index (χ2v) is 8.51. The van der Waals surface area contributed by atoms with Crippen LogP contribution in [0.4, 0.5) is 5.00 Å². The minimum atomic E-state index is -0.296. The van der Waals surface area contributed by atoms with Gasteiger partial charge in [-0.3, -0.25) is 4.79 Å². The van der Waals surface area contributed by atoms with Crippen LogP contribution in [-0.4, -0.2) is 18.5 Å². The van der Waals surface area contributed by atoms with E-state index in [2.05, 4.69) is 12.2 Å². The molecule has 27 heavy (non-hydrogen) atoms. The smallest absolute Gasteiger partial charge is 0.341 e. The molecule has 1 aromatic rings. The van der Waals surface area contributed by atoms with Crippen LogP contribution in [-0.2, 0) is 22.4 Å². The lowest BCUT2D eigenvalue weighted by molar-refractivity contribution is -0.116. The summed E-state index contributed by atoms with van der Waals surface area (Å²) in [6.07, 6.45) is 14.7. The van der Waals surface area contributed by atoms with Crippen molar-refractivity contribution in [3.63, 3.8) is 0 Å². The van der Waals surface area contributed by atoms with E-state index in [0.29, 0.717) is 23.6 Å². The lowest BCUT2D eigenvalue weighted by atomic mass is 10.1. The molecule has 0 atom stereocenters. The topological polar surface area (TPSA) is 55.4 Å². The highest BCUT2D eigenvalue weighted by atomic mass is 32.1. The Morgan fingerprint density at radius 1 is 0.963 bits per heavy atom. The lowest BCUT2D eigenvalue weighted by Crippen LogP contribution is -2.14. The average Bonchev–Trinajstić information content (AvgIpc) is 3.21. The molecule has 152 valence electrons. The van der Waals surface area contributed by atoms with Crippen LogP contribution in [0.25, 0.3) is 0 Å². The molecule has 0 aliphatic heterocycles. The number of nitrogens with one attached hydrogen (secondary N) is 1. The maximum Gasteiger partial charge on any atom is 0.341 e. The van der Waals surface area contributed by atoms with E-state index in [9.17, 15) is 9.59 Å². The molecule has 1 heterocycles. The van der Waals surface area contributed by atoms with E-state index in [1.165, 1.54) is 49.8 Å². The van der Waals surface area contributed by atoms with E-state index in [4.69, 9.17) is 4.74 Å². The number of ether oxygens (including phenoxy) is 1. The Kier molecular flexibility index (Phi) is 9.89. The van der Waals surface area contributed by atoms with Gasteiger partial charge in [0.2, 0.25) is 5.91 Å². The van der Waals surface area contributed by atoms with Gasteiger partial charge in [-0.25, -0.2) is 4.79 Å². The van der Waals surface area contributed by atoms with Gasteiger partial charge < -0.3 is 10.1 Å². The molecule has 0 saturated carbocycles. The van der Waals surface area contributed by atoms with Crippen molar-refractivity contribution < 1.29 is 14.3 Å². The second-order valence-electron chi connectivity index (χ2n) is 7.41. The number of fused-ring (bicyclic) bond motifs is 1. The highest BCUT2D eigenvalue weighted by molar-refractivity contribution is 7.17. The maximum atomic E-state index is 12.3. The van der Waals surface area contributed by atoms with Crippen molar-refractivity contribution in [1.82, 2.24) is 0 Å². The number of hydrogen-bond acceptors (Lipinski definition) is 4. The first-order chi connectivity index (χ1) is 13.2. The van der Waals surface area contributed by atoms with E-state index in [1.54, 1.807) is 11.3 Å². The first-order valence-corrected chi connectivity index (χ1v) is 11.6. The van der Waals surface area contributed by atoms with Gasteiger partial charge in [0, 0.05) is 11.3 Å². The van der Waals surface area contributed by atoms with E-state index in [1.807, 2.05) is 6.92 Å². The van der Waals surface area contributed by atoms with Gasteiger partial charge in [-0.2, -0.15) is 0 Å². The van der Waals surface area contributed by atoms with Gasteiger partial charge in [-0.1, -0.05) is 58.3 Å². The zero-order valence-corrected chi connectivity index (χ0v) is 17.8. The molecular formula is C22H35NO3S. The summed E-state index contributed by atoms with van der Waals surface area (Å²) < 4.78 is 5.21. The minimum Gasteiger partial charge on any atom is -0.462 e. The number of thiophene rings is 1. The monoisotopic (exact) mass is 393 g/mol. The number of carbonyl (C=O) groups excluding carboxylic acids is 2. The molecule has 1 N–H and O–H groups in total. The Hall–Kier alpha value is -1.36. The van der Waals surface area contributed by atoms with Crippen molar-refractivity contribution in [2.45, 2.75) is 97.3 Å². The quantitative estimate of drug-likeness (QED) is 0.317. The molecule has 0 radical (unpaired) electrons. The third-order valence-corrected chi connectivity index (χ3v) is 6.37. The predicted octanol–water partition coefficient (Wildman–Crippen LogP) is 6.27. The number of amides is 1. The Bertz CT molecular complexity index is 609. The average molecular weight is 394 g/mol. The molecule has 0 saturated heterocycles. The van der Waals surface area contributed by atoms with Gasteiger partial charge in [-0.05, 0) is 38.2 Å². The molecule has 1 amide bonds. The van der Waals surface area contributed by atoms with Crippen molar-refractivity contribution in [1.29, 1.82) is 0 Å². The van der Waals surface area contributed by atoms with Crippen molar-refractivity contribution in [3.8, 4) is 0 Å². The van der Waals surface area contributed by atoms with Crippen LogP contribution in [0.1, 0.15) is 105 Å². The number of rotatable bonds is 13. The van der Waals surface area contributed by atoms with Crippen LogP contribution >= 0.6 is 11.3 Å². The lowest BCUT2D eigenvalue weighted by Gasteiger charge is -2.08. The molecule has 1 aliphatic rings. The molecule has 2 rings (SSSR count). The summed E-state index contributed by atoms with van der Waals surface area (Å²) in [6.45, 7) is 4.41. The fourth-order valence-corrected chi connectivity index (χ4v) is 4.99. The summed E-state index contributed by atoms with van der Waals surface area (Å²) in [6, 6.07) is 0. The second kappa shape index (κ2) is 12.2. The fraction of sp³-hybridized carbons (Fsp3) is 0.727. The van der Waals surface area contributed by atoms with Crippen LogP contribution < -0.4 is 5.32 Å². The van der Waals surface area contributed by atoms with Crippen molar-refractivity contribution >= 4 is 28.2 Å². The van der Waals surface area contributed by atoms with Crippen LogP contribution in [0, 0.1) is 0 Å². The van der Waals surface area contributed by atoms with E-state index in [-0.39, 0.29) is 11.9 Å². The summed E-state index contributed by atoms with van der Waals surface area (Å²) in [5.74, 6) is -0.279. The number of anilines is 1. The highest BCUT2D eigenvalue weighted by Crippen LogP contribution is 2.39. The zero-order valence-electron chi connectivity index (χ0n) is 17.0. The Morgan fingerprint density at radius 2 is 1.63 bits per heavy atom. The van der Waals surface area contributed by atoms with E-state index in [0.717, 1.165) is 37.7 Å². The van der Waals surface area contributed by atoms with Crippen LogP contribution in [0.2, 0.25) is 0 Å². The summed E-state index contributed by atoms with van der Waals surface area (Å²) >= 11 is 1.56. The van der Waals surface area contributed by atoms with Gasteiger partial charge in [0.15, 0.2) is 0 Å². The van der Waals surface area contributed by atoms with Crippen molar-refractivity contribution in [2.75, 3.05) is 11.9 Å². The summed E-state index contributed by atoms with van der Waals surface area (Å²) in [5, 5.41) is 3.68. The standard InChI is InChI=1S/C22H35NO3S/c1-3-5-6-7-8-9-10-11-12-16-19(24)23-21-20(22(25)26-4-2)17-14-13-15-18(17)27-21/h3-16H2,1-2H3,(H,23,24). The van der Waals surface area contributed by atoms with Gasteiger partial charge >= 0.3 is 5.97 Å². The summed E-state index contributed by atoms with van der Waals surface area (Å²) in [7, 11) is 0. The van der Waals surface area contributed by atoms with E-state index < -0.39 is 0 Å². The molecule has 0 spiro atoms. The van der Waals surface area contributed by atoms with Gasteiger partial charge in [0.1, 0.15) is 5.00 Å². The first kappa shape index (κ1) is 21.9. The molecule has 0 aromatic carbocycles. The fourth-order valence-electron chi connectivity index (χ4n) is 3.70. The molecule has 1 aromatic heterocycles. The third kappa shape index (κ3) is 6.95. The molecule has 0 fully saturated rings. The molecule has 0 bridgehead atoms. The largest absolute Gasteiger partial charge is 0.462 e. The Morgan fingerprint density at radius 3 is 2.30 bits per heavy atom. The SMILES string of the molecule is CCCCCCCCCCCC(=O)Nc1sc2c(c1C(=O)OCC)CCC2. The Balaban J connectivity index is 1.72. The Labute approximate surface area is 168 Å². The normalized spacial score (nSPS) is 12.8. The van der Waals surface area contributed by atoms with Crippen LogP contribution in [0.5, 0.6) is 0 Å². The number of aryl methyl sites for hydroxylation is 1. The number of carbonyl (C=O) groups is 2. The maximum absolute atomic E-state index is 12.3. The van der Waals surface area contributed by atoms with Crippen molar-refractivity contribution in [3.05, 3.63) is 16.0 Å². The third-order valence-electron chi connectivity index (χ3n) is 5.16. The first-order valence-electron chi connectivity index (χ1n) is 10.8. The predicted molar refractivity (Wildman–Crippen MR) is 113 cm³/mol. The summed E-state index contributed by atoms with van der Waals surface area (Å²) in [5.41, 5.74) is 1.70. The van der Waals surface area contributed by atoms with Gasteiger partial charge in [0.25, 0.3) is 0 Å². The molecule has 5 heteroatoms. The molecular weight excluding hydrogens is 358 g/mol. The summed E-state index contributed by atoms with van der Waals surface area (Å²) in [4.78, 5) is 25.9. The zero-order chi connectivity index (χ0) is 19.5. The number of unbranched alkanes of at least 4 members (excludes halogenated alkanes) is 8. The number of esters is 1. The molecule has 4 nitrogen and oxygen atoms in total.